The lowest BCUT2D eigenvalue weighted by Gasteiger charge is -2.19. The third-order valence-corrected chi connectivity index (χ3v) is 4.75. The number of hydrogen-bond acceptors (Lipinski definition) is 3. The highest BCUT2D eigenvalue weighted by atomic mass is 19.4. The van der Waals surface area contributed by atoms with Gasteiger partial charge in [0.2, 0.25) is 0 Å². The number of alkyl halides is 3. The van der Waals surface area contributed by atoms with Gasteiger partial charge in [0.05, 0.1) is 11.3 Å². The largest absolute Gasteiger partial charge is 0.444 e. The molecule has 0 heterocycles. The highest BCUT2D eigenvalue weighted by molar-refractivity contribution is 5.69. The van der Waals surface area contributed by atoms with Crippen molar-refractivity contribution in [2.45, 2.75) is 58.7 Å². The summed E-state index contributed by atoms with van der Waals surface area (Å²) in [6.45, 7) is 8.49. The number of amides is 1. The number of unbranched alkanes of at least 4 members (excludes halogenated alkanes) is 1. The van der Waals surface area contributed by atoms with Crippen molar-refractivity contribution in [2.24, 2.45) is 0 Å². The Morgan fingerprint density at radius 3 is 2.26 bits per heavy atom. The van der Waals surface area contributed by atoms with Crippen LogP contribution in [-0.4, -0.2) is 24.8 Å². The molecule has 0 saturated heterocycles. The number of alkyl carbamates (subject to hydrolysis) is 1. The van der Waals surface area contributed by atoms with Crippen molar-refractivity contribution >= 4 is 6.09 Å². The monoisotopic (exact) mass is 486 g/mol. The van der Waals surface area contributed by atoms with Crippen molar-refractivity contribution in [1.29, 1.82) is 0 Å². The summed E-state index contributed by atoms with van der Waals surface area (Å²) in [4.78, 5) is 11.6. The summed E-state index contributed by atoms with van der Waals surface area (Å²) in [5, 5.41) is 5.93. The minimum atomic E-state index is -4.49. The molecule has 2 aromatic carbocycles. The number of hydrogen-bond donors (Lipinski definition) is 2. The first kappa shape index (κ1) is 27.8. The molecule has 0 radical (unpaired) electrons. The average molecular weight is 487 g/mol. The van der Waals surface area contributed by atoms with E-state index < -0.39 is 23.4 Å². The number of ether oxygens (including phenoxy) is 1. The average Bonchev–Trinajstić information content (AvgIpc) is 2.78. The molecule has 0 spiro atoms. The maximum Gasteiger partial charge on any atom is 0.417 e. The summed E-state index contributed by atoms with van der Waals surface area (Å²) < 4.78 is 46.4. The standard InChI is InChI=1S/C28H33F3N2O2/c1-5-11-23(32-18-9-10-19-33-26(34)35-27(2,3)4)16-14-21-15-17-24(22-12-7-6-8-13-22)25(20-21)28(29,30)31/h6-8,11-13,15,17,20,32H,5,9-10,18-19H2,1-4H3,(H,33,34). The van der Waals surface area contributed by atoms with Crippen molar-refractivity contribution in [3.05, 3.63) is 71.4 Å². The van der Waals surface area contributed by atoms with Crippen molar-refractivity contribution in [2.75, 3.05) is 13.1 Å². The molecule has 0 bridgehead atoms. The minimum Gasteiger partial charge on any atom is -0.444 e. The van der Waals surface area contributed by atoms with Crippen LogP contribution in [0.2, 0.25) is 0 Å². The van der Waals surface area contributed by atoms with E-state index in [1.165, 1.54) is 6.07 Å². The van der Waals surface area contributed by atoms with Crippen molar-refractivity contribution in [3.63, 3.8) is 0 Å². The first-order chi connectivity index (χ1) is 16.5. The third-order valence-electron chi connectivity index (χ3n) is 4.75. The van der Waals surface area contributed by atoms with Crippen LogP contribution in [0.1, 0.15) is 58.1 Å². The predicted octanol–water partition coefficient (Wildman–Crippen LogP) is 6.91. The topological polar surface area (TPSA) is 50.4 Å². The Morgan fingerprint density at radius 2 is 1.66 bits per heavy atom. The van der Waals surface area contributed by atoms with E-state index in [0.29, 0.717) is 29.9 Å². The van der Waals surface area contributed by atoms with Crippen LogP contribution in [0.5, 0.6) is 0 Å². The number of rotatable bonds is 8. The number of allylic oxidation sites excluding steroid dienone is 2. The zero-order valence-electron chi connectivity index (χ0n) is 20.7. The van der Waals surface area contributed by atoms with Crippen LogP contribution in [0, 0.1) is 11.8 Å². The molecule has 4 nitrogen and oxygen atoms in total. The molecule has 0 aliphatic heterocycles. The summed E-state index contributed by atoms with van der Waals surface area (Å²) in [5.41, 5.74) is 0.352. The molecule has 7 heteroatoms. The van der Waals surface area contributed by atoms with Crippen LogP contribution in [0.4, 0.5) is 18.0 Å². The Morgan fingerprint density at radius 1 is 1.00 bits per heavy atom. The fourth-order valence-corrected chi connectivity index (χ4v) is 3.21. The number of carbonyl (C=O) groups is 1. The Labute approximate surface area is 206 Å². The van der Waals surface area contributed by atoms with Gasteiger partial charge < -0.3 is 15.4 Å². The molecule has 0 saturated carbocycles. The second-order valence-electron chi connectivity index (χ2n) is 8.96. The fourth-order valence-electron chi connectivity index (χ4n) is 3.21. The Kier molecular flexibility index (Phi) is 10.3. The summed E-state index contributed by atoms with van der Waals surface area (Å²) in [5.74, 6) is 5.81. The predicted molar refractivity (Wildman–Crippen MR) is 134 cm³/mol. The van der Waals surface area contributed by atoms with Crippen LogP contribution in [0.15, 0.2) is 60.3 Å². The van der Waals surface area contributed by atoms with Crippen LogP contribution in [0.25, 0.3) is 11.1 Å². The van der Waals surface area contributed by atoms with Gasteiger partial charge in [-0.2, -0.15) is 13.2 Å². The maximum absolute atomic E-state index is 13.7. The van der Waals surface area contributed by atoms with Gasteiger partial charge in [0, 0.05) is 18.7 Å². The number of halogens is 3. The normalized spacial score (nSPS) is 11.9. The van der Waals surface area contributed by atoms with Crippen LogP contribution >= 0.6 is 0 Å². The molecule has 0 unspecified atom stereocenters. The molecule has 0 atom stereocenters. The van der Waals surface area contributed by atoms with E-state index in [4.69, 9.17) is 4.74 Å². The smallest absolute Gasteiger partial charge is 0.417 e. The van der Waals surface area contributed by atoms with Gasteiger partial charge in [-0.25, -0.2) is 4.79 Å². The van der Waals surface area contributed by atoms with Crippen LogP contribution in [0.3, 0.4) is 0 Å². The Bertz CT molecular complexity index is 1060. The molecule has 2 N–H and O–H groups in total. The third kappa shape index (κ3) is 10.2. The van der Waals surface area contributed by atoms with Gasteiger partial charge in [0.1, 0.15) is 5.60 Å². The van der Waals surface area contributed by atoms with E-state index in [2.05, 4.69) is 22.5 Å². The van der Waals surface area contributed by atoms with E-state index in [1.54, 1.807) is 57.2 Å². The minimum absolute atomic E-state index is 0.131. The second kappa shape index (κ2) is 12.9. The SMILES string of the molecule is CCC=C(C#Cc1ccc(-c2ccccc2)c(C(F)(F)F)c1)NCCCCNC(=O)OC(C)(C)C. The Hall–Kier alpha value is -3.40. The molecular formula is C28H33F3N2O2. The zero-order valence-corrected chi connectivity index (χ0v) is 20.7. The van der Waals surface area contributed by atoms with Gasteiger partial charge in [0.15, 0.2) is 0 Å². The number of benzene rings is 2. The van der Waals surface area contributed by atoms with Gasteiger partial charge in [-0.1, -0.05) is 55.3 Å². The maximum atomic E-state index is 13.7. The summed E-state index contributed by atoms with van der Waals surface area (Å²) >= 11 is 0. The highest BCUT2D eigenvalue weighted by Crippen LogP contribution is 2.37. The lowest BCUT2D eigenvalue weighted by Crippen LogP contribution is -2.33. The van der Waals surface area contributed by atoms with Crippen molar-refractivity contribution in [3.8, 4) is 23.0 Å². The molecule has 1 amide bonds. The van der Waals surface area contributed by atoms with Crippen LogP contribution in [-0.2, 0) is 10.9 Å². The lowest BCUT2D eigenvalue weighted by molar-refractivity contribution is -0.137. The fraction of sp³-hybridized carbons (Fsp3) is 0.393. The summed E-state index contributed by atoms with van der Waals surface area (Å²) in [7, 11) is 0. The van der Waals surface area contributed by atoms with Crippen molar-refractivity contribution < 1.29 is 22.7 Å². The van der Waals surface area contributed by atoms with Gasteiger partial charge in [-0.15, -0.1) is 0 Å². The van der Waals surface area contributed by atoms with E-state index in [0.717, 1.165) is 25.3 Å². The molecule has 188 valence electrons. The molecule has 2 aromatic rings. The zero-order chi connectivity index (χ0) is 25.9. The van der Waals surface area contributed by atoms with E-state index in [-0.39, 0.29) is 5.56 Å². The number of nitrogens with one attached hydrogen (secondary N) is 2. The molecule has 0 aromatic heterocycles. The van der Waals surface area contributed by atoms with E-state index in [1.807, 2.05) is 13.0 Å². The van der Waals surface area contributed by atoms with Gasteiger partial charge in [-0.3, -0.25) is 0 Å². The molecular weight excluding hydrogens is 453 g/mol. The molecule has 35 heavy (non-hydrogen) atoms. The molecule has 2 rings (SSSR count). The Balaban J connectivity index is 1.99. The van der Waals surface area contributed by atoms with Crippen LogP contribution < -0.4 is 10.6 Å². The van der Waals surface area contributed by atoms with E-state index >= 15 is 0 Å². The second-order valence-corrected chi connectivity index (χ2v) is 8.96. The summed E-state index contributed by atoms with van der Waals surface area (Å²) in [6, 6.07) is 12.7. The van der Waals surface area contributed by atoms with Gasteiger partial charge in [0.25, 0.3) is 0 Å². The van der Waals surface area contributed by atoms with Gasteiger partial charge >= 0.3 is 12.3 Å². The highest BCUT2D eigenvalue weighted by Gasteiger charge is 2.33. The van der Waals surface area contributed by atoms with E-state index in [9.17, 15) is 18.0 Å². The molecule has 0 aliphatic rings. The molecule has 0 aliphatic carbocycles. The lowest BCUT2D eigenvalue weighted by atomic mass is 9.97. The first-order valence-electron chi connectivity index (χ1n) is 11.7. The summed E-state index contributed by atoms with van der Waals surface area (Å²) in [6.07, 6.45) is -0.777. The van der Waals surface area contributed by atoms with Gasteiger partial charge in [-0.05, 0) is 69.2 Å². The quantitative estimate of drug-likeness (QED) is 0.315. The molecule has 0 fully saturated rings. The van der Waals surface area contributed by atoms with Crippen molar-refractivity contribution in [1.82, 2.24) is 10.6 Å². The first-order valence-corrected chi connectivity index (χ1v) is 11.7. The number of carbonyl (C=O) groups excluding carboxylic acids is 1.